The minimum Gasteiger partial charge on any atom is -0.481 e. The first-order valence-corrected chi connectivity index (χ1v) is 9.25. The van der Waals surface area contributed by atoms with E-state index in [-0.39, 0.29) is 11.9 Å². The first-order valence-electron chi connectivity index (χ1n) is 9.25. The molecule has 1 amide bonds. The molecule has 144 valence electrons. The SMILES string of the molecule is CCCOC(=O)c1ccc(NC(=O)C(C)Oc2ccc(C(C)C)cc2)cc1. The summed E-state index contributed by atoms with van der Waals surface area (Å²) < 4.78 is 10.8. The van der Waals surface area contributed by atoms with Crippen molar-refractivity contribution in [1.29, 1.82) is 0 Å². The largest absolute Gasteiger partial charge is 0.481 e. The number of amides is 1. The van der Waals surface area contributed by atoms with Crippen LogP contribution in [0.4, 0.5) is 5.69 Å². The minimum atomic E-state index is -0.649. The van der Waals surface area contributed by atoms with E-state index in [0.29, 0.717) is 29.5 Å². The third kappa shape index (κ3) is 6.13. The lowest BCUT2D eigenvalue weighted by Gasteiger charge is -2.15. The van der Waals surface area contributed by atoms with E-state index in [9.17, 15) is 9.59 Å². The summed E-state index contributed by atoms with van der Waals surface area (Å²) in [6, 6.07) is 14.3. The third-order valence-electron chi connectivity index (χ3n) is 4.05. The van der Waals surface area contributed by atoms with Gasteiger partial charge in [0.2, 0.25) is 0 Å². The number of carbonyl (C=O) groups is 2. The summed E-state index contributed by atoms with van der Waals surface area (Å²) in [6.45, 7) is 8.28. The highest BCUT2D eigenvalue weighted by atomic mass is 16.5. The Kier molecular flexibility index (Phi) is 7.41. The summed E-state index contributed by atoms with van der Waals surface area (Å²) in [6.07, 6.45) is 0.127. The fourth-order valence-corrected chi connectivity index (χ4v) is 2.40. The molecule has 1 N–H and O–H groups in total. The van der Waals surface area contributed by atoms with Crippen LogP contribution in [0.2, 0.25) is 0 Å². The second kappa shape index (κ2) is 9.76. The summed E-state index contributed by atoms with van der Waals surface area (Å²) in [5.74, 6) is 0.471. The number of ether oxygens (including phenoxy) is 2. The van der Waals surface area contributed by atoms with Gasteiger partial charge in [-0.1, -0.05) is 32.9 Å². The average Bonchev–Trinajstić information content (AvgIpc) is 2.67. The molecule has 0 heterocycles. The number of carbonyl (C=O) groups excluding carboxylic acids is 2. The second-order valence-corrected chi connectivity index (χ2v) is 6.69. The van der Waals surface area contributed by atoms with E-state index in [1.54, 1.807) is 31.2 Å². The Labute approximate surface area is 160 Å². The Hall–Kier alpha value is -2.82. The van der Waals surface area contributed by atoms with Crippen LogP contribution in [0.15, 0.2) is 48.5 Å². The van der Waals surface area contributed by atoms with Gasteiger partial charge >= 0.3 is 5.97 Å². The van der Waals surface area contributed by atoms with Gasteiger partial charge in [0.25, 0.3) is 5.91 Å². The van der Waals surface area contributed by atoms with Crippen LogP contribution in [0.25, 0.3) is 0 Å². The maximum Gasteiger partial charge on any atom is 0.338 e. The highest BCUT2D eigenvalue weighted by Gasteiger charge is 2.15. The zero-order valence-electron chi connectivity index (χ0n) is 16.3. The summed E-state index contributed by atoms with van der Waals surface area (Å²) >= 11 is 0. The summed E-state index contributed by atoms with van der Waals surface area (Å²) in [5, 5.41) is 2.78. The fraction of sp³-hybridized carbons (Fsp3) is 0.364. The lowest BCUT2D eigenvalue weighted by molar-refractivity contribution is -0.122. The molecule has 0 spiro atoms. The smallest absolute Gasteiger partial charge is 0.338 e. The highest BCUT2D eigenvalue weighted by molar-refractivity contribution is 5.95. The number of hydrogen-bond acceptors (Lipinski definition) is 4. The molecule has 0 saturated carbocycles. The maximum atomic E-state index is 12.3. The molecule has 5 nitrogen and oxygen atoms in total. The monoisotopic (exact) mass is 369 g/mol. The van der Waals surface area contributed by atoms with Crippen molar-refractivity contribution < 1.29 is 19.1 Å². The van der Waals surface area contributed by atoms with Crippen molar-refractivity contribution >= 4 is 17.6 Å². The zero-order chi connectivity index (χ0) is 19.8. The van der Waals surface area contributed by atoms with Crippen molar-refractivity contribution in [3.05, 3.63) is 59.7 Å². The van der Waals surface area contributed by atoms with Crippen LogP contribution in [-0.4, -0.2) is 24.6 Å². The molecule has 0 aliphatic carbocycles. The van der Waals surface area contributed by atoms with E-state index < -0.39 is 6.10 Å². The first kappa shape index (κ1) is 20.5. The maximum absolute atomic E-state index is 12.3. The van der Waals surface area contributed by atoms with E-state index in [1.807, 2.05) is 31.2 Å². The quantitative estimate of drug-likeness (QED) is 0.680. The zero-order valence-corrected chi connectivity index (χ0v) is 16.3. The van der Waals surface area contributed by atoms with E-state index in [2.05, 4.69) is 19.2 Å². The van der Waals surface area contributed by atoms with Crippen LogP contribution in [0.5, 0.6) is 5.75 Å². The van der Waals surface area contributed by atoms with Gasteiger partial charge in [0.1, 0.15) is 5.75 Å². The number of hydrogen-bond donors (Lipinski definition) is 1. The molecule has 0 aliphatic rings. The molecule has 0 bridgehead atoms. The van der Waals surface area contributed by atoms with Gasteiger partial charge in [-0.05, 0) is 61.2 Å². The van der Waals surface area contributed by atoms with Gasteiger partial charge in [0.15, 0.2) is 6.10 Å². The number of esters is 1. The van der Waals surface area contributed by atoms with Crippen LogP contribution in [0.1, 0.15) is 56.0 Å². The van der Waals surface area contributed by atoms with Crippen LogP contribution in [-0.2, 0) is 9.53 Å². The van der Waals surface area contributed by atoms with Gasteiger partial charge < -0.3 is 14.8 Å². The van der Waals surface area contributed by atoms with Crippen LogP contribution >= 0.6 is 0 Å². The van der Waals surface area contributed by atoms with Gasteiger partial charge in [-0.25, -0.2) is 4.79 Å². The summed E-state index contributed by atoms with van der Waals surface area (Å²) in [4.78, 5) is 24.1. The van der Waals surface area contributed by atoms with E-state index in [1.165, 1.54) is 5.56 Å². The number of anilines is 1. The molecule has 2 rings (SSSR count). The molecule has 1 atom stereocenters. The molecule has 0 saturated heterocycles. The normalized spacial score (nSPS) is 11.7. The van der Waals surface area contributed by atoms with Crippen LogP contribution < -0.4 is 10.1 Å². The second-order valence-electron chi connectivity index (χ2n) is 6.69. The van der Waals surface area contributed by atoms with Crippen molar-refractivity contribution in [3.63, 3.8) is 0 Å². The first-order chi connectivity index (χ1) is 12.9. The third-order valence-corrected chi connectivity index (χ3v) is 4.05. The van der Waals surface area contributed by atoms with Gasteiger partial charge in [0, 0.05) is 5.69 Å². The number of benzene rings is 2. The Morgan fingerprint density at radius 3 is 2.15 bits per heavy atom. The molecular formula is C22H27NO4. The van der Waals surface area contributed by atoms with E-state index in [0.717, 1.165) is 6.42 Å². The van der Waals surface area contributed by atoms with Crippen LogP contribution in [0.3, 0.4) is 0 Å². The van der Waals surface area contributed by atoms with Gasteiger partial charge in [-0.15, -0.1) is 0 Å². The number of nitrogens with one attached hydrogen (secondary N) is 1. The lowest BCUT2D eigenvalue weighted by atomic mass is 10.0. The summed E-state index contributed by atoms with van der Waals surface area (Å²) in [5.41, 5.74) is 2.27. The average molecular weight is 369 g/mol. The fourth-order valence-electron chi connectivity index (χ4n) is 2.40. The van der Waals surface area contributed by atoms with Crippen molar-refractivity contribution in [2.45, 2.75) is 46.1 Å². The van der Waals surface area contributed by atoms with Crippen molar-refractivity contribution in [3.8, 4) is 5.75 Å². The number of rotatable bonds is 8. The molecule has 0 aliphatic heterocycles. The molecule has 0 fully saturated rings. The molecular weight excluding hydrogens is 342 g/mol. The standard InChI is InChI=1S/C22H27NO4/c1-5-14-26-22(25)18-6-10-19(11-7-18)23-21(24)16(4)27-20-12-8-17(9-13-20)15(2)3/h6-13,15-16H,5,14H2,1-4H3,(H,23,24). The highest BCUT2D eigenvalue weighted by Crippen LogP contribution is 2.20. The van der Waals surface area contributed by atoms with Crippen molar-refractivity contribution in [1.82, 2.24) is 0 Å². The predicted molar refractivity (Wildman–Crippen MR) is 106 cm³/mol. The Morgan fingerprint density at radius 1 is 0.963 bits per heavy atom. The summed E-state index contributed by atoms with van der Waals surface area (Å²) in [7, 11) is 0. The molecule has 2 aromatic carbocycles. The van der Waals surface area contributed by atoms with Crippen LogP contribution in [0, 0.1) is 0 Å². The van der Waals surface area contributed by atoms with Crippen molar-refractivity contribution in [2.75, 3.05) is 11.9 Å². The topological polar surface area (TPSA) is 64.6 Å². The molecule has 27 heavy (non-hydrogen) atoms. The van der Waals surface area contributed by atoms with Gasteiger partial charge in [-0.2, -0.15) is 0 Å². The Bertz CT molecular complexity index is 751. The van der Waals surface area contributed by atoms with E-state index in [4.69, 9.17) is 9.47 Å². The van der Waals surface area contributed by atoms with Gasteiger partial charge in [-0.3, -0.25) is 4.79 Å². The van der Waals surface area contributed by atoms with Crippen molar-refractivity contribution in [2.24, 2.45) is 0 Å². The molecule has 5 heteroatoms. The molecule has 2 aromatic rings. The Balaban J connectivity index is 1.90. The minimum absolute atomic E-state index is 0.260. The lowest BCUT2D eigenvalue weighted by Crippen LogP contribution is -2.30. The van der Waals surface area contributed by atoms with E-state index >= 15 is 0 Å². The van der Waals surface area contributed by atoms with Gasteiger partial charge in [0.05, 0.1) is 12.2 Å². The Morgan fingerprint density at radius 2 is 1.59 bits per heavy atom. The predicted octanol–water partition coefficient (Wildman–Crippen LogP) is 4.78. The molecule has 0 radical (unpaired) electrons. The molecule has 0 aromatic heterocycles. The molecule has 1 unspecified atom stereocenters.